The van der Waals surface area contributed by atoms with Crippen LogP contribution < -0.4 is 10.1 Å². The van der Waals surface area contributed by atoms with Gasteiger partial charge in [-0.3, -0.25) is 0 Å². The van der Waals surface area contributed by atoms with E-state index in [2.05, 4.69) is 43.4 Å². The zero-order valence-electron chi connectivity index (χ0n) is 31.0. The van der Waals surface area contributed by atoms with E-state index >= 15 is 0 Å². The number of carbonyl (C=O) groups is 1. The normalized spacial score (nSPS) is 11.2. The van der Waals surface area contributed by atoms with E-state index in [1.54, 1.807) is 12.1 Å². The van der Waals surface area contributed by atoms with Gasteiger partial charge in [-0.15, -0.1) is 0 Å². The van der Waals surface area contributed by atoms with Crippen LogP contribution in [0.2, 0.25) is 0 Å². The average Bonchev–Trinajstić information content (AvgIpc) is 3.14. The third-order valence-electron chi connectivity index (χ3n) is 7.79. The molecule has 2 rings (SSSR count). The molecule has 10 heteroatoms. The van der Waals surface area contributed by atoms with Gasteiger partial charge >= 0.3 is 5.97 Å². The second-order valence-electron chi connectivity index (χ2n) is 12.0. The highest BCUT2D eigenvalue weighted by Crippen LogP contribution is 2.15. The van der Waals surface area contributed by atoms with E-state index in [0.29, 0.717) is 91.5 Å². The smallest absolute Gasteiger partial charge is 0.338 e. The molecular weight excluding hydrogens is 638 g/mol. The molecule has 0 atom stereocenters. The van der Waals surface area contributed by atoms with Gasteiger partial charge in [-0.1, -0.05) is 70.9 Å². The Kier molecular flexibility index (Phi) is 28.0. The van der Waals surface area contributed by atoms with E-state index in [-0.39, 0.29) is 12.6 Å². The lowest BCUT2D eigenvalue weighted by Crippen LogP contribution is -2.15. The first-order chi connectivity index (χ1) is 24.7. The van der Waals surface area contributed by atoms with E-state index in [0.717, 1.165) is 37.2 Å². The first kappa shape index (κ1) is 43.4. The van der Waals surface area contributed by atoms with Gasteiger partial charge in [-0.25, -0.2) is 4.79 Å². The molecule has 2 aromatic carbocycles. The summed E-state index contributed by atoms with van der Waals surface area (Å²) in [5.41, 5.74) is 2.90. The predicted molar refractivity (Wildman–Crippen MR) is 199 cm³/mol. The van der Waals surface area contributed by atoms with Crippen molar-refractivity contribution < 1.29 is 42.7 Å². The van der Waals surface area contributed by atoms with Gasteiger partial charge < -0.3 is 43.2 Å². The minimum absolute atomic E-state index is 0.196. The summed E-state index contributed by atoms with van der Waals surface area (Å²) in [5.74, 6) is 0.528. The molecule has 284 valence electrons. The summed E-state index contributed by atoms with van der Waals surface area (Å²) in [4.78, 5) is 12.1. The standard InChI is InChI=1S/C40H65NO9/c1-3-5-7-8-9-10-11-12-36-13-19-39(20-14-36)49-34-32-47-30-28-45-26-24-43-22-23-44-25-27-46-29-31-48-33-35-50-40(42)37-15-17-38(18-16-37)41-21-6-4-2/h13-20,41H,3-12,21-35H2,1-2H3. The number of aryl methyl sites for hydroxylation is 1. The SMILES string of the molecule is CCCCCCCCCc1ccc(OCCOCCOCCOCCOCCOCCOCCOC(=O)c2ccc(NCCCC)cc2)cc1. The number of anilines is 1. The molecule has 0 amide bonds. The van der Waals surface area contributed by atoms with Crippen molar-refractivity contribution in [2.24, 2.45) is 0 Å². The molecule has 0 bridgehead atoms. The quantitative estimate of drug-likeness (QED) is 0.0573. The van der Waals surface area contributed by atoms with Crippen molar-refractivity contribution in [2.45, 2.75) is 78.1 Å². The Hall–Kier alpha value is -2.73. The van der Waals surface area contributed by atoms with Gasteiger partial charge in [0.1, 0.15) is 19.0 Å². The summed E-state index contributed by atoms with van der Waals surface area (Å²) in [6.45, 7) is 11.8. The van der Waals surface area contributed by atoms with Crippen molar-refractivity contribution in [1.82, 2.24) is 0 Å². The fourth-order valence-corrected chi connectivity index (χ4v) is 4.87. The molecule has 0 saturated heterocycles. The topological polar surface area (TPSA) is 103 Å². The molecular formula is C40H65NO9. The van der Waals surface area contributed by atoms with Gasteiger partial charge in [0.2, 0.25) is 0 Å². The summed E-state index contributed by atoms with van der Waals surface area (Å²) in [6, 6.07) is 15.8. The lowest BCUT2D eigenvalue weighted by molar-refractivity contribution is -0.0201. The number of unbranched alkanes of at least 4 members (excludes halogenated alkanes) is 7. The van der Waals surface area contributed by atoms with Crippen molar-refractivity contribution in [1.29, 1.82) is 0 Å². The van der Waals surface area contributed by atoms with Crippen LogP contribution in [0.3, 0.4) is 0 Å². The van der Waals surface area contributed by atoms with Crippen LogP contribution in [0.15, 0.2) is 48.5 Å². The van der Waals surface area contributed by atoms with Gasteiger partial charge in [0, 0.05) is 12.2 Å². The average molecular weight is 704 g/mol. The Morgan fingerprint density at radius 2 is 0.960 bits per heavy atom. The highest BCUT2D eigenvalue weighted by Gasteiger charge is 2.07. The first-order valence-electron chi connectivity index (χ1n) is 18.9. The summed E-state index contributed by atoms with van der Waals surface area (Å²) < 4.78 is 44.2. The first-order valence-corrected chi connectivity index (χ1v) is 18.9. The highest BCUT2D eigenvalue weighted by molar-refractivity contribution is 5.89. The predicted octanol–water partition coefficient (Wildman–Crippen LogP) is 7.53. The van der Waals surface area contributed by atoms with Crippen LogP contribution in [0.25, 0.3) is 0 Å². The van der Waals surface area contributed by atoms with Crippen molar-refractivity contribution >= 4 is 11.7 Å². The van der Waals surface area contributed by atoms with Crippen molar-refractivity contribution in [2.75, 3.05) is 104 Å². The maximum absolute atomic E-state index is 12.1. The monoisotopic (exact) mass is 703 g/mol. The zero-order valence-corrected chi connectivity index (χ0v) is 31.0. The molecule has 0 aliphatic heterocycles. The minimum Gasteiger partial charge on any atom is -0.491 e. The summed E-state index contributed by atoms with van der Waals surface area (Å²) in [7, 11) is 0. The van der Waals surface area contributed by atoms with E-state index < -0.39 is 0 Å². The Morgan fingerprint density at radius 3 is 1.48 bits per heavy atom. The van der Waals surface area contributed by atoms with Crippen LogP contribution in [0, 0.1) is 0 Å². The van der Waals surface area contributed by atoms with Crippen LogP contribution in [-0.2, 0) is 39.6 Å². The molecule has 0 heterocycles. The van der Waals surface area contributed by atoms with Gasteiger partial charge in [-0.2, -0.15) is 0 Å². The molecule has 0 aromatic heterocycles. The summed E-state index contributed by atoms with van der Waals surface area (Å²) in [6.07, 6.45) is 12.8. The zero-order chi connectivity index (χ0) is 35.6. The number of carbonyl (C=O) groups excluding carboxylic acids is 1. The number of esters is 1. The van der Waals surface area contributed by atoms with Crippen LogP contribution >= 0.6 is 0 Å². The van der Waals surface area contributed by atoms with Crippen LogP contribution in [0.1, 0.15) is 87.6 Å². The Morgan fingerprint density at radius 1 is 0.500 bits per heavy atom. The van der Waals surface area contributed by atoms with Gasteiger partial charge in [-0.05, 0) is 61.2 Å². The van der Waals surface area contributed by atoms with Crippen LogP contribution in [-0.4, -0.2) is 105 Å². The number of hydrogen-bond donors (Lipinski definition) is 1. The molecule has 0 fully saturated rings. The van der Waals surface area contributed by atoms with Crippen molar-refractivity contribution in [3.8, 4) is 5.75 Å². The molecule has 2 aromatic rings. The molecule has 0 aliphatic carbocycles. The van der Waals surface area contributed by atoms with Crippen molar-refractivity contribution in [3.63, 3.8) is 0 Å². The molecule has 0 saturated carbocycles. The Bertz CT molecular complexity index is 1040. The summed E-state index contributed by atoms with van der Waals surface area (Å²) >= 11 is 0. The largest absolute Gasteiger partial charge is 0.491 e. The van der Waals surface area contributed by atoms with Crippen molar-refractivity contribution in [3.05, 3.63) is 59.7 Å². The highest BCUT2D eigenvalue weighted by atomic mass is 16.6. The third kappa shape index (κ3) is 24.4. The van der Waals surface area contributed by atoms with Gasteiger partial charge in [0.05, 0.1) is 84.8 Å². The number of benzene rings is 2. The molecule has 0 unspecified atom stereocenters. The molecule has 1 N–H and O–H groups in total. The third-order valence-corrected chi connectivity index (χ3v) is 7.79. The van der Waals surface area contributed by atoms with Crippen LogP contribution in [0.5, 0.6) is 5.75 Å². The van der Waals surface area contributed by atoms with Crippen LogP contribution in [0.4, 0.5) is 5.69 Å². The number of rotatable bonds is 35. The number of nitrogens with one attached hydrogen (secondary N) is 1. The summed E-state index contributed by atoms with van der Waals surface area (Å²) in [5, 5.41) is 3.32. The Balaban J connectivity index is 1.25. The second-order valence-corrected chi connectivity index (χ2v) is 12.0. The molecule has 0 aliphatic rings. The van der Waals surface area contributed by atoms with Gasteiger partial charge in [0.15, 0.2) is 0 Å². The lowest BCUT2D eigenvalue weighted by atomic mass is 10.0. The van der Waals surface area contributed by atoms with E-state index in [1.807, 2.05) is 12.1 Å². The van der Waals surface area contributed by atoms with E-state index in [4.69, 9.17) is 37.9 Å². The van der Waals surface area contributed by atoms with E-state index in [9.17, 15) is 4.79 Å². The fourth-order valence-electron chi connectivity index (χ4n) is 4.87. The number of ether oxygens (including phenoxy) is 8. The van der Waals surface area contributed by atoms with Gasteiger partial charge in [0.25, 0.3) is 0 Å². The Labute approximate surface area is 301 Å². The fraction of sp³-hybridized carbons (Fsp3) is 0.675. The molecule has 50 heavy (non-hydrogen) atoms. The second kappa shape index (κ2) is 32.2. The maximum Gasteiger partial charge on any atom is 0.338 e. The lowest BCUT2D eigenvalue weighted by Gasteiger charge is -2.09. The molecule has 10 nitrogen and oxygen atoms in total. The number of hydrogen-bond acceptors (Lipinski definition) is 10. The molecule has 0 spiro atoms. The molecule has 0 radical (unpaired) electrons. The van der Waals surface area contributed by atoms with E-state index in [1.165, 1.54) is 50.5 Å². The minimum atomic E-state index is -0.355. The maximum atomic E-state index is 12.1.